The van der Waals surface area contributed by atoms with Crippen molar-refractivity contribution in [1.29, 1.82) is 0 Å². The molecule has 0 spiro atoms. The predicted molar refractivity (Wildman–Crippen MR) is 127 cm³/mol. The zero-order chi connectivity index (χ0) is 23.7. The van der Waals surface area contributed by atoms with Crippen LogP contribution in [-0.2, 0) is 20.4 Å². The van der Waals surface area contributed by atoms with Gasteiger partial charge in [0.15, 0.2) is 11.5 Å². The number of anilines is 1. The van der Waals surface area contributed by atoms with Crippen molar-refractivity contribution in [3.8, 4) is 11.5 Å². The number of nitrogens with one attached hydrogen (secondary N) is 1. The molecule has 0 radical (unpaired) electrons. The monoisotopic (exact) mass is 464 g/mol. The number of carbonyl (C=O) groups excluding carboxylic acids is 1. The highest BCUT2D eigenvalue weighted by Gasteiger charge is 2.52. The standard InChI is InChI=1S/C27H29FN2O4/c1-26(2,3)24-11-16-10-20(19(28)13-21(16)30(24)18-6-9-32-14-18)29-25(31)27(7-8-27)17-4-5-22-23(12-17)34-15-33-22/h4-5,10-13,18H,6-9,14-15H2,1-3H3,(H,29,31). The van der Waals surface area contributed by atoms with Gasteiger partial charge in [0.05, 0.1) is 29.3 Å². The van der Waals surface area contributed by atoms with Gasteiger partial charge >= 0.3 is 0 Å². The van der Waals surface area contributed by atoms with Gasteiger partial charge in [-0.15, -0.1) is 0 Å². The quantitative estimate of drug-likeness (QED) is 0.559. The maximum Gasteiger partial charge on any atom is 0.235 e. The first-order chi connectivity index (χ1) is 16.3. The maximum atomic E-state index is 15.3. The molecule has 2 aliphatic heterocycles. The Hall–Kier alpha value is -3.06. The summed E-state index contributed by atoms with van der Waals surface area (Å²) in [5.41, 5.74) is 2.29. The number of amides is 1. The molecular formula is C27H29FN2O4. The lowest BCUT2D eigenvalue weighted by molar-refractivity contribution is -0.118. The lowest BCUT2D eigenvalue weighted by atomic mass is 9.91. The van der Waals surface area contributed by atoms with Crippen molar-refractivity contribution in [2.45, 2.75) is 56.9 Å². The first-order valence-corrected chi connectivity index (χ1v) is 11.9. The lowest BCUT2D eigenvalue weighted by Crippen LogP contribution is -2.28. The van der Waals surface area contributed by atoms with E-state index in [0.29, 0.717) is 37.6 Å². The number of hydrogen-bond acceptors (Lipinski definition) is 4. The normalized spacial score (nSPS) is 20.6. The number of fused-ring (bicyclic) bond motifs is 2. The second kappa shape index (κ2) is 7.47. The molecule has 34 heavy (non-hydrogen) atoms. The van der Waals surface area contributed by atoms with E-state index < -0.39 is 11.2 Å². The van der Waals surface area contributed by atoms with Gasteiger partial charge in [0, 0.05) is 29.2 Å². The number of benzene rings is 2. The Morgan fingerprint density at radius 2 is 1.91 bits per heavy atom. The highest BCUT2D eigenvalue weighted by molar-refractivity contribution is 6.03. The zero-order valence-electron chi connectivity index (χ0n) is 19.7. The first kappa shape index (κ1) is 21.5. The summed E-state index contributed by atoms with van der Waals surface area (Å²) in [5, 5.41) is 3.81. The molecule has 6 rings (SSSR count). The summed E-state index contributed by atoms with van der Waals surface area (Å²) < 4.78 is 34.1. The van der Waals surface area contributed by atoms with Gasteiger partial charge in [-0.3, -0.25) is 4.79 Å². The number of aromatic nitrogens is 1. The van der Waals surface area contributed by atoms with E-state index in [1.807, 2.05) is 18.2 Å². The van der Waals surface area contributed by atoms with E-state index in [1.165, 1.54) is 0 Å². The van der Waals surface area contributed by atoms with Crippen molar-refractivity contribution in [2.75, 3.05) is 25.3 Å². The van der Waals surface area contributed by atoms with Crippen molar-refractivity contribution < 1.29 is 23.4 Å². The van der Waals surface area contributed by atoms with E-state index in [2.05, 4.69) is 36.7 Å². The molecular weight excluding hydrogens is 435 g/mol. The van der Waals surface area contributed by atoms with E-state index in [9.17, 15) is 4.79 Å². The van der Waals surface area contributed by atoms with Crippen LogP contribution >= 0.6 is 0 Å². The molecule has 2 fully saturated rings. The minimum absolute atomic E-state index is 0.112. The largest absolute Gasteiger partial charge is 0.454 e. The fourth-order valence-electron chi connectivity index (χ4n) is 5.25. The van der Waals surface area contributed by atoms with Crippen molar-refractivity contribution in [1.82, 2.24) is 4.57 Å². The van der Waals surface area contributed by atoms with Crippen molar-refractivity contribution in [3.05, 3.63) is 53.5 Å². The Morgan fingerprint density at radius 1 is 1.12 bits per heavy atom. The van der Waals surface area contributed by atoms with Crippen LogP contribution in [0.15, 0.2) is 36.4 Å². The molecule has 1 saturated heterocycles. The Labute approximate surface area is 198 Å². The summed E-state index contributed by atoms with van der Waals surface area (Å²) in [4.78, 5) is 13.4. The average molecular weight is 465 g/mol. The van der Waals surface area contributed by atoms with Crippen LogP contribution in [0.4, 0.5) is 10.1 Å². The Balaban J connectivity index is 1.34. The summed E-state index contributed by atoms with van der Waals surface area (Å²) >= 11 is 0. The van der Waals surface area contributed by atoms with Crippen molar-refractivity contribution in [3.63, 3.8) is 0 Å². The molecule has 1 aliphatic carbocycles. The summed E-state index contributed by atoms with van der Waals surface area (Å²) in [6.45, 7) is 8.02. The van der Waals surface area contributed by atoms with E-state index in [-0.39, 0.29) is 29.8 Å². The van der Waals surface area contributed by atoms with Gasteiger partial charge in [0.1, 0.15) is 5.82 Å². The first-order valence-electron chi connectivity index (χ1n) is 11.9. The van der Waals surface area contributed by atoms with Crippen LogP contribution in [0.25, 0.3) is 10.9 Å². The fraction of sp³-hybridized carbons (Fsp3) is 0.444. The summed E-state index contributed by atoms with van der Waals surface area (Å²) in [6.07, 6.45) is 2.34. The third-order valence-electron chi connectivity index (χ3n) is 7.32. The second-order valence-corrected chi connectivity index (χ2v) is 10.7. The van der Waals surface area contributed by atoms with Gasteiger partial charge in [-0.25, -0.2) is 4.39 Å². The molecule has 1 amide bonds. The van der Waals surface area contributed by atoms with Crippen LogP contribution in [0.5, 0.6) is 11.5 Å². The second-order valence-electron chi connectivity index (χ2n) is 10.7. The van der Waals surface area contributed by atoms with Crippen molar-refractivity contribution >= 4 is 22.5 Å². The Kier molecular flexibility index (Phi) is 4.72. The van der Waals surface area contributed by atoms with Gasteiger partial charge in [0.25, 0.3) is 0 Å². The smallest absolute Gasteiger partial charge is 0.235 e. The zero-order valence-corrected chi connectivity index (χ0v) is 19.7. The van der Waals surface area contributed by atoms with Crippen molar-refractivity contribution in [2.24, 2.45) is 0 Å². The molecule has 1 unspecified atom stereocenters. The van der Waals surface area contributed by atoms with Crippen LogP contribution in [0, 0.1) is 5.82 Å². The maximum absolute atomic E-state index is 15.3. The molecule has 3 heterocycles. The van der Waals surface area contributed by atoms with E-state index in [4.69, 9.17) is 14.2 Å². The molecule has 1 N–H and O–H groups in total. The Bertz CT molecular complexity index is 1300. The average Bonchev–Trinajstić information content (AvgIpc) is 3.14. The van der Waals surface area contributed by atoms with Gasteiger partial charge < -0.3 is 24.1 Å². The van der Waals surface area contributed by atoms with Gasteiger partial charge in [-0.05, 0) is 49.1 Å². The van der Waals surface area contributed by atoms with Crippen LogP contribution in [0.3, 0.4) is 0 Å². The van der Waals surface area contributed by atoms with Gasteiger partial charge in [-0.1, -0.05) is 26.8 Å². The number of rotatable bonds is 4. The molecule has 1 aromatic heterocycles. The highest BCUT2D eigenvalue weighted by Crippen LogP contribution is 2.51. The molecule has 7 heteroatoms. The third kappa shape index (κ3) is 3.36. The van der Waals surface area contributed by atoms with E-state index in [0.717, 1.165) is 28.6 Å². The third-order valence-corrected chi connectivity index (χ3v) is 7.32. The number of ether oxygens (including phenoxy) is 3. The summed E-state index contributed by atoms with van der Waals surface area (Å²) in [6, 6.07) is 11.2. The molecule has 0 bridgehead atoms. The molecule has 3 aromatic rings. The topological polar surface area (TPSA) is 61.7 Å². The van der Waals surface area contributed by atoms with Crippen LogP contribution in [-0.4, -0.2) is 30.5 Å². The number of nitrogens with zero attached hydrogens (tertiary/aromatic N) is 1. The minimum atomic E-state index is -0.661. The molecule has 6 nitrogen and oxygen atoms in total. The highest BCUT2D eigenvalue weighted by atomic mass is 19.1. The summed E-state index contributed by atoms with van der Waals surface area (Å²) in [7, 11) is 0. The number of hydrogen-bond donors (Lipinski definition) is 1. The molecule has 1 saturated carbocycles. The van der Waals surface area contributed by atoms with E-state index >= 15 is 4.39 Å². The lowest BCUT2D eigenvalue weighted by Gasteiger charge is -2.25. The SMILES string of the molecule is CC(C)(C)c1cc2cc(NC(=O)C3(c4ccc5c(c4)OCO5)CC3)c(F)cc2n1C1CCOC1. The van der Waals surface area contributed by atoms with Gasteiger partial charge in [-0.2, -0.15) is 0 Å². The fourth-order valence-corrected chi connectivity index (χ4v) is 5.25. The molecule has 3 aliphatic rings. The molecule has 2 aromatic carbocycles. The van der Waals surface area contributed by atoms with Gasteiger partial charge in [0.2, 0.25) is 12.7 Å². The molecule has 1 atom stereocenters. The Morgan fingerprint density at radius 3 is 2.62 bits per heavy atom. The van der Waals surface area contributed by atoms with E-state index in [1.54, 1.807) is 12.1 Å². The minimum Gasteiger partial charge on any atom is -0.454 e. The predicted octanol–water partition coefficient (Wildman–Crippen LogP) is 5.44. The number of halogens is 1. The van der Waals surface area contributed by atoms with Crippen LogP contribution in [0.2, 0.25) is 0 Å². The number of carbonyl (C=O) groups is 1. The molecule has 178 valence electrons. The van der Waals surface area contributed by atoms with Crippen LogP contribution in [0.1, 0.15) is 57.3 Å². The summed E-state index contributed by atoms with van der Waals surface area (Å²) in [5.74, 6) is 0.713. The van der Waals surface area contributed by atoms with Crippen LogP contribution < -0.4 is 14.8 Å².